The van der Waals surface area contributed by atoms with Gasteiger partial charge in [-0.2, -0.15) is 0 Å². The van der Waals surface area contributed by atoms with Crippen molar-refractivity contribution in [2.75, 3.05) is 0 Å². The van der Waals surface area contributed by atoms with Crippen molar-refractivity contribution < 1.29 is 0 Å². The Bertz CT molecular complexity index is 1010. The van der Waals surface area contributed by atoms with E-state index < -0.39 is 0 Å². The van der Waals surface area contributed by atoms with E-state index in [2.05, 4.69) is 19.9 Å². The highest BCUT2D eigenvalue weighted by Crippen LogP contribution is 2.33. The molecule has 1 aromatic carbocycles. The third kappa shape index (κ3) is 2.56. The number of aromatic amines is 1. The summed E-state index contributed by atoms with van der Waals surface area (Å²) in [6.45, 7) is 0. The van der Waals surface area contributed by atoms with Crippen molar-refractivity contribution in [1.29, 1.82) is 0 Å². The lowest BCUT2D eigenvalue weighted by atomic mass is 10.1. The molecular weight excluding hydrogens is 331 g/mol. The number of benzene rings is 1. The smallest absolute Gasteiger partial charge is 0.140 e. The molecule has 4 aromatic rings. The fraction of sp³-hybridized carbons (Fsp3) is 0. The SMILES string of the molecule is Clc1ccc2nc(-c3cccnc3-c3ccncc3Cl)[nH]c2c1. The first kappa shape index (κ1) is 14.2. The quantitative estimate of drug-likeness (QED) is 0.559. The van der Waals surface area contributed by atoms with E-state index in [9.17, 15) is 0 Å². The summed E-state index contributed by atoms with van der Waals surface area (Å²) in [5, 5.41) is 1.21. The number of nitrogens with one attached hydrogen (secondary N) is 1. The molecule has 23 heavy (non-hydrogen) atoms. The minimum Gasteiger partial charge on any atom is -0.338 e. The van der Waals surface area contributed by atoms with Crippen LogP contribution in [0.25, 0.3) is 33.7 Å². The third-order valence-corrected chi connectivity index (χ3v) is 4.07. The van der Waals surface area contributed by atoms with Crippen molar-refractivity contribution >= 4 is 34.2 Å². The maximum atomic E-state index is 6.27. The maximum Gasteiger partial charge on any atom is 0.140 e. The second-order valence-electron chi connectivity index (χ2n) is 5.00. The molecule has 0 spiro atoms. The Morgan fingerprint density at radius 3 is 2.74 bits per heavy atom. The van der Waals surface area contributed by atoms with Crippen molar-refractivity contribution in [1.82, 2.24) is 19.9 Å². The largest absolute Gasteiger partial charge is 0.338 e. The van der Waals surface area contributed by atoms with E-state index >= 15 is 0 Å². The Kier molecular flexibility index (Phi) is 3.48. The van der Waals surface area contributed by atoms with Crippen LogP contribution in [0.3, 0.4) is 0 Å². The van der Waals surface area contributed by atoms with Crippen molar-refractivity contribution in [2.45, 2.75) is 0 Å². The number of H-pyrrole nitrogens is 1. The van der Waals surface area contributed by atoms with Gasteiger partial charge in [-0.15, -0.1) is 0 Å². The van der Waals surface area contributed by atoms with Crippen molar-refractivity contribution in [3.05, 3.63) is 65.0 Å². The van der Waals surface area contributed by atoms with Crippen LogP contribution in [-0.2, 0) is 0 Å². The number of hydrogen-bond donors (Lipinski definition) is 1. The van der Waals surface area contributed by atoms with Gasteiger partial charge in [0.15, 0.2) is 0 Å². The first-order valence-electron chi connectivity index (χ1n) is 6.93. The molecule has 0 saturated carbocycles. The van der Waals surface area contributed by atoms with Crippen LogP contribution in [0.15, 0.2) is 55.0 Å². The standard InChI is InChI=1S/C17H10Cl2N4/c18-10-3-4-14-15(8-10)23-17(22-14)12-2-1-6-21-16(12)11-5-7-20-9-13(11)19/h1-9H,(H,22,23). The summed E-state index contributed by atoms with van der Waals surface area (Å²) in [5.41, 5.74) is 4.16. The van der Waals surface area contributed by atoms with Gasteiger partial charge >= 0.3 is 0 Å². The number of pyridine rings is 2. The summed E-state index contributed by atoms with van der Waals surface area (Å²) in [6.07, 6.45) is 5.03. The van der Waals surface area contributed by atoms with Crippen LogP contribution in [-0.4, -0.2) is 19.9 Å². The van der Waals surface area contributed by atoms with Crippen LogP contribution in [0.4, 0.5) is 0 Å². The van der Waals surface area contributed by atoms with Crippen LogP contribution < -0.4 is 0 Å². The Morgan fingerprint density at radius 1 is 0.957 bits per heavy atom. The normalized spacial score (nSPS) is 11.0. The van der Waals surface area contributed by atoms with Crippen LogP contribution in [0.5, 0.6) is 0 Å². The van der Waals surface area contributed by atoms with Crippen LogP contribution >= 0.6 is 23.2 Å². The van der Waals surface area contributed by atoms with E-state index in [0.29, 0.717) is 10.0 Å². The summed E-state index contributed by atoms with van der Waals surface area (Å²) >= 11 is 12.3. The van der Waals surface area contributed by atoms with E-state index in [4.69, 9.17) is 23.2 Å². The zero-order valence-electron chi connectivity index (χ0n) is 11.8. The number of imidazole rings is 1. The minimum atomic E-state index is 0.548. The molecule has 0 aliphatic carbocycles. The molecule has 0 atom stereocenters. The van der Waals surface area contributed by atoms with Gasteiger partial charge in [0.25, 0.3) is 0 Å². The highest BCUT2D eigenvalue weighted by atomic mass is 35.5. The summed E-state index contributed by atoms with van der Waals surface area (Å²) in [5.74, 6) is 0.721. The Morgan fingerprint density at radius 2 is 1.87 bits per heavy atom. The number of nitrogens with zero attached hydrogens (tertiary/aromatic N) is 3. The predicted molar refractivity (Wildman–Crippen MR) is 92.6 cm³/mol. The number of hydrogen-bond acceptors (Lipinski definition) is 3. The van der Waals surface area contributed by atoms with Gasteiger partial charge in [0.1, 0.15) is 5.82 Å². The molecule has 0 fully saturated rings. The van der Waals surface area contributed by atoms with E-state index in [0.717, 1.165) is 33.7 Å². The molecule has 0 amide bonds. The van der Waals surface area contributed by atoms with Gasteiger partial charge in [0.2, 0.25) is 0 Å². The van der Waals surface area contributed by atoms with Crippen molar-refractivity contribution in [3.63, 3.8) is 0 Å². The number of halogens is 2. The second kappa shape index (κ2) is 5.65. The van der Waals surface area contributed by atoms with Crippen LogP contribution in [0.2, 0.25) is 10.0 Å². The monoisotopic (exact) mass is 340 g/mol. The van der Waals surface area contributed by atoms with Gasteiger partial charge in [0.05, 0.1) is 21.7 Å². The van der Waals surface area contributed by atoms with E-state index in [1.807, 2.05) is 36.4 Å². The van der Waals surface area contributed by atoms with Gasteiger partial charge in [0, 0.05) is 34.7 Å². The molecule has 0 radical (unpaired) electrons. The maximum absolute atomic E-state index is 6.27. The molecule has 0 unspecified atom stereocenters. The van der Waals surface area contributed by atoms with E-state index in [-0.39, 0.29) is 0 Å². The molecule has 4 rings (SSSR count). The van der Waals surface area contributed by atoms with Gasteiger partial charge in [-0.1, -0.05) is 23.2 Å². The number of fused-ring (bicyclic) bond motifs is 1. The Labute approximate surface area is 142 Å². The second-order valence-corrected chi connectivity index (χ2v) is 5.85. The molecule has 3 heterocycles. The van der Waals surface area contributed by atoms with Crippen LogP contribution in [0, 0.1) is 0 Å². The minimum absolute atomic E-state index is 0.548. The molecule has 4 nitrogen and oxygen atoms in total. The molecule has 3 aromatic heterocycles. The average molecular weight is 341 g/mol. The zero-order chi connectivity index (χ0) is 15.8. The molecule has 1 N–H and O–H groups in total. The Hall–Kier alpha value is -2.43. The van der Waals surface area contributed by atoms with E-state index in [1.165, 1.54) is 0 Å². The fourth-order valence-electron chi connectivity index (χ4n) is 2.49. The van der Waals surface area contributed by atoms with Crippen molar-refractivity contribution in [2.24, 2.45) is 0 Å². The van der Waals surface area contributed by atoms with Crippen molar-refractivity contribution in [3.8, 4) is 22.6 Å². The molecular formula is C17H10Cl2N4. The molecule has 0 bridgehead atoms. The van der Waals surface area contributed by atoms with Gasteiger partial charge in [-0.05, 0) is 36.4 Å². The number of aromatic nitrogens is 4. The highest BCUT2D eigenvalue weighted by molar-refractivity contribution is 6.33. The summed E-state index contributed by atoms with van der Waals surface area (Å²) in [6, 6.07) is 11.2. The summed E-state index contributed by atoms with van der Waals surface area (Å²) < 4.78 is 0. The Balaban J connectivity index is 1.93. The summed E-state index contributed by atoms with van der Waals surface area (Å²) in [4.78, 5) is 16.4. The topological polar surface area (TPSA) is 54.5 Å². The third-order valence-electron chi connectivity index (χ3n) is 3.53. The first-order chi connectivity index (χ1) is 11.2. The first-order valence-corrected chi connectivity index (χ1v) is 7.68. The molecule has 112 valence electrons. The fourth-order valence-corrected chi connectivity index (χ4v) is 2.87. The lowest BCUT2D eigenvalue weighted by molar-refractivity contribution is 1.26. The zero-order valence-corrected chi connectivity index (χ0v) is 13.3. The molecule has 0 saturated heterocycles. The molecule has 0 aliphatic heterocycles. The lowest BCUT2D eigenvalue weighted by Crippen LogP contribution is -1.91. The van der Waals surface area contributed by atoms with Gasteiger partial charge < -0.3 is 4.98 Å². The van der Waals surface area contributed by atoms with Gasteiger partial charge in [-0.3, -0.25) is 9.97 Å². The van der Waals surface area contributed by atoms with Crippen LogP contribution in [0.1, 0.15) is 0 Å². The lowest BCUT2D eigenvalue weighted by Gasteiger charge is -2.07. The van der Waals surface area contributed by atoms with E-state index in [1.54, 1.807) is 18.6 Å². The molecule has 0 aliphatic rings. The molecule has 6 heteroatoms. The van der Waals surface area contributed by atoms with Gasteiger partial charge in [-0.25, -0.2) is 4.98 Å². The summed E-state index contributed by atoms with van der Waals surface area (Å²) in [7, 11) is 0. The number of rotatable bonds is 2. The average Bonchev–Trinajstić information content (AvgIpc) is 2.98. The highest BCUT2D eigenvalue weighted by Gasteiger charge is 2.14. The predicted octanol–water partition coefficient (Wildman–Crippen LogP) is 4.99.